The number of benzene rings is 1. The van der Waals surface area contributed by atoms with Gasteiger partial charge in [-0.05, 0) is 30.7 Å². The van der Waals surface area contributed by atoms with Crippen LogP contribution in [0.25, 0.3) is 0 Å². The molecular formula is C14H12BrClO2S. The van der Waals surface area contributed by atoms with Gasteiger partial charge < -0.3 is 9.47 Å². The van der Waals surface area contributed by atoms with Crippen molar-refractivity contribution in [2.75, 3.05) is 6.61 Å². The largest absolute Gasteiger partial charge is 0.486 e. The summed E-state index contributed by atoms with van der Waals surface area (Å²) < 4.78 is 12.6. The summed E-state index contributed by atoms with van der Waals surface area (Å²) in [5, 5.41) is 0. The van der Waals surface area contributed by atoms with Crippen LogP contribution in [0.4, 0.5) is 0 Å². The van der Waals surface area contributed by atoms with Crippen molar-refractivity contribution in [1.82, 2.24) is 0 Å². The van der Waals surface area contributed by atoms with Gasteiger partial charge in [-0.1, -0.05) is 39.7 Å². The van der Waals surface area contributed by atoms with Crippen molar-refractivity contribution in [3.8, 4) is 11.5 Å². The summed E-state index contributed by atoms with van der Waals surface area (Å²) in [6, 6.07) is 9.82. The second-order valence-corrected chi connectivity index (χ2v) is 7.09. The van der Waals surface area contributed by atoms with Crippen molar-refractivity contribution in [3.63, 3.8) is 0 Å². The highest BCUT2D eigenvalue weighted by atomic mass is 79.9. The zero-order valence-corrected chi connectivity index (χ0v) is 13.4. The third-order valence-corrected chi connectivity index (χ3v) is 6.03. The van der Waals surface area contributed by atoms with Crippen LogP contribution in [0, 0.1) is 6.92 Å². The number of aryl methyl sites for hydroxylation is 1. The van der Waals surface area contributed by atoms with E-state index in [0.717, 1.165) is 26.3 Å². The molecule has 100 valence electrons. The van der Waals surface area contributed by atoms with E-state index < -0.39 is 0 Å². The van der Waals surface area contributed by atoms with Crippen molar-refractivity contribution >= 4 is 38.9 Å². The van der Waals surface area contributed by atoms with Crippen LogP contribution < -0.4 is 9.47 Å². The van der Waals surface area contributed by atoms with Gasteiger partial charge in [-0.25, -0.2) is 0 Å². The lowest BCUT2D eigenvalue weighted by Crippen LogP contribution is -2.32. The Labute approximate surface area is 129 Å². The first-order valence-corrected chi connectivity index (χ1v) is 8.04. The Morgan fingerprint density at radius 1 is 1.37 bits per heavy atom. The molecule has 2 aromatic rings. The van der Waals surface area contributed by atoms with Crippen LogP contribution in [0.2, 0.25) is 4.34 Å². The fraction of sp³-hybridized carbons (Fsp3) is 0.286. The number of hydrogen-bond donors (Lipinski definition) is 0. The summed E-state index contributed by atoms with van der Waals surface area (Å²) in [6.45, 7) is 2.54. The number of halogens is 2. The molecule has 0 radical (unpaired) electrons. The maximum Gasteiger partial charge on any atom is 0.161 e. The third kappa shape index (κ3) is 2.62. The Morgan fingerprint density at radius 2 is 2.11 bits per heavy atom. The monoisotopic (exact) mass is 358 g/mol. The first-order chi connectivity index (χ1) is 9.15. The molecule has 0 amide bonds. The molecule has 0 saturated carbocycles. The van der Waals surface area contributed by atoms with Crippen molar-refractivity contribution in [3.05, 3.63) is 45.1 Å². The molecule has 0 N–H and O–H groups in total. The molecule has 1 aliphatic heterocycles. The van der Waals surface area contributed by atoms with E-state index in [-0.39, 0.29) is 10.9 Å². The van der Waals surface area contributed by atoms with Gasteiger partial charge in [-0.3, -0.25) is 0 Å². The van der Waals surface area contributed by atoms with Gasteiger partial charge in [-0.2, -0.15) is 0 Å². The normalized spacial score (nSPS) is 19.2. The van der Waals surface area contributed by atoms with E-state index >= 15 is 0 Å². The summed E-state index contributed by atoms with van der Waals surface area (Å²) in [5.74, 6) is 1.60. The summed E-state index contributed by atoms with van der Waals surface area (Å²) in [6.07, 6.45) is -0.0518. The standard InChI is InChI=1S/C14H12BrClO2S/c1-8-6-12(19-14(8)16)13(15)11-7-17-9-4-2-3-5-10(9)18-11/h2-6,11,13H,7H2,1H3. The number of ether oxygens (including phenoxy) is 2. The number of rotatable bonds is 2. The molecule has 1 aliphatic rings. The summed E-state index contributed by atoms with van der Waals surface area (Å²) in [7, 11) is 0. The minimum Gasteiger partial charge on any atom is -0.486 e. The SMILES string of the molecule is Cc1cc(C(Br)C2COc3ccccc3O2)sc1Cl. The van der Waals surface area contributed by atoms with Gasteiger partial charge >= 0.3 is 0 Å². The number of hydrogen-bond acceptors (Lipinski definition) is 3. The topological polar surface area (TPSA) is 18.5 Å². The van der Waals surface area contributed by atoms with Crippen LogP contribution in [0.5, 0.6) is 11.5 Å². The first-order valence-electron chi connectivity index (χ1n) is 5.93. The quantitative estimate of drug-likeness (QED) is 0.704. The van der Waals surface area contributed by atoms with Crippen LogP contribution in [-0.4, -0.2) is 12.7 Å². The van der Waals surface area contributed by atoms with E-state index in [0.29, 0.717) is 6.61 Å². The van der Waals surface area contributed by atoms with Gasteiger partial charge in [0.2, 0.25) is 0 Å². The summed E-state index contributed by atoms with van der Waals surface area (Å²) in [4.78, 5) is 1.24. The lowest BCUT2D eigenvalue weighted by Gasteiger charge is -2.29. The molecule has 1 aromatic carbocycles. The fourth-order valence-corrected chi connectivity index (χ4v) is 3.90. The number of alkyl halides is 1. The summed E-state index contributed by atoms with van der Waals surface area (Å²) >= 11 is 11.4. The molecule has 1 aromatic heterocycles. The van der Waals surface area contributed by atoms with E-state index in [1.165, 1.54) is 0 Å². The lowest BCUT2D eigenvalue weighted by atomic mass is 10.2. The fourth-order valence-electron chi connectivity index (χ4n) is 1.98. The Hall–Kier alpha value is -0.710. The summed E-state index contributed by atoms with van der Waals surface area (Å²) in [5.41, 5.74) is 1.10. The van der Waals surface area contributed by atoms with Crippen LogP contribution in [0.15, 0.2) is 30.3 Å². The Balaban J connectivity index is 1.81. The number of thiophene rings is 1. The highest BCUT2D eigenvalue weighted by Crippen LogP contribution is 2.41. The highest BCUT2D eigenvalue weighted by Gasteiger charge is 2.29. The average Bonchev–Trinajstić information content (AvgIpc) is 2.77. The van der Waals surface area contributed by atoms with E-state index in [1.807, 2.05) is 31.2 Å². The van der Waals surface area contributed by atoms with E-state index in [2.05, 4.69) is 22.0 Å². The van der Waals surface area contributed by atoms with Crippen molar-refractivity contribution in [1.29, 1.82) is 0 Å². The van der Waals surface area contributed by atoms with Gasteiger partial charge in [0.05, 0.1) is 9.16 Å². The molecule has 19 heavy (non-hydrogen) atoms. The highest BCUT2D eigenvalue weighted by molar-refractivity contribution is 9.09. The number of para-hydroxylation sites is 2. The molecule has 0 spiro atoms. The molecular weight excluding hydrogens is 348 g/mol. The van der Waals surface area contributed by atoms with Crippen LogP contribution in [-0.2, 0) is 0 Å². The second-order valence-electron chi connectivity index (χ2n) is 4.42. The molecule has 0 aliphatic carbocycles. The van der Waals surface area contributed by atoms with Crippen LogP contribution in [0.1, 0.15) is 15.3 Å². The average molecular weight is 360 g/mol. The van der Waals surface area contributed by atoms with Crippen LogP contribution in [0.3, 0.4) is 0 Å². The minimum atomic E-state index is -0.0518. The molecule has 2 heterocycles. The maximum atomic E-state index is 6.12. The molecule has 0 saturated heterocycles. The van der Waals surface area contributed by atoms with Crippen molar-refractivity contribution < 1.29 is 9.47 Å². The minimum absolute atomic E-state index is 0.0518. The molecule has 2 atom stereocenters. The Bertz CT molecular complexity index is 579. The zero-order valence-electron chi connectivity index (χ0n) is 10.2. The number of fused-ring (bicyclic) bond motifs is 1. The predicted molar refractivity (Wildman–Crippen MR) is 82.1 cm³/mol. The van der Waals surface area contributed by atoms with Crippen LogP contribution >= 0.6 is 38.9 Å². The van der Waals surface area contributed by atoms with Crippen molar-refractivity contribution in [2.24, 2.45) is 0 Å². The molecule has 3 rings (SSSR count). The van der Waals surface area contributed by atoms with Gasteiger partial charge in [0.25, 0.3) is 0 Å². The van der Waals surface area contributed by atoms with Gasteiger partial charge in [0, 0.05) is 4.88 Å². The lowest BCUT2D eigenvalue weighted by molar-refractivity contribution is 0.0910. The molecule has 0 bridgehead atoms. The Morgan fingerprint density at radius 3 is 2.79 bits per heavy atom. The van der Waals surface area contributed by atoms with Gasteiger partial charge in [0.1, 0.15) is 6.61 Å². The third-order valence-electron chi connectivity index (χ3n) is 3.01. The molecule has 2 unspecified atom stereocenters. The first kappa shape index (κ1) is 13.3. The van der Waals surface area contributed by atoms with E-state index in [9.17, 15) is 0 Å². The zero-order chi connectivity index (χ0) is 13.4. The van der Waals surface area contributed by atoms with Crippen molar-refractivity contribution in [2.45, 2.75) is 17.9 Å². The maximum absolute atomic E-state index is 6.12. The Kier molecular flexibility index (Phi) is 3.74. The van der Waals surface area contributed by atoms with Gasteiger partial charge in [0.15, 0.2) is 17.6 Å². The smallest absolute Gasteiger partial charge is 0.161 e. The molecule has 5 heteroatoms. The molecule has 0 fully saturated rings. The van der Waals surface area contributed by atoms with Gasteiger partial charge in [-0.15, -0.1) is 11.3 Å². The van der Waals surface area contributed by atoms with E-state index in [1.54, 1.807) is 11.3 Å². The second kappa shape index (κ2) is 5.35. The predicted octanol–water partition coefficient (Wildman–Crippen LogP) is 4.99. The van der Waals surface area contributed by atoms with E-state index in [4.69, 9.17) is 21.1 Å². The molecule has 2 nitrogen and oxygen atoms in total.